The van der Waals surface area contributed by atoms with E-state index in [-0.39, 0.29) is 16.0 Å². The number of hydrogen-bond acceptors (Lipinski definition) is 7. The predicted octanol–water partition coefficient (Wildman–Crippen LogP) is 1.33. The summed E-state index contributed by atoms with van der Waals surface area (Å²) in [6.45, 7) is 0.466. The Morgan fingerprint density at radius 1 is 1.36 bits per heavy atom. The van der Waals surface area contributed by atoms with E-state index in [2.05, 4.69) is 12.8 Å². The Kier molecular flexibility index (Phi) is 4.88. The van der Waals surface area contributed by atoms with Crippen LogP contribution in [0.15, 0.2) is 24.3 Å². The van der Waals surface area contributed by atoms with E-state index in [0.717, 1.165) is 10.7 Å². The zero-order valence-electron chi connectivity index (χ0n) is 11.3. The van der Waals surface area contributed by atoms with Gasteiger partial charge in [-0.15, -0.1) is 3.71 Å². The van der Waals surface area contributed by atoms with Crippen LogP contribution in [0.25, 0.3) is 0 Å². The zero-order chi connectivity index (χ0) is 16.3. The number of benzene rings is 1. The van der Waals surface area contributed by atoms with Gasteiger partial charge in [-0.25, -0.2) is 4.79 Å². The Balaban J connectivity index is 1.93. The Morgan fingerprint density at radius 2 is 1.95 bits per heavy atom. The molecule has 0 bridgehead atoms. The fraction of sp³-hybridized carbons (Fsp3) is 0.364. The van der Waals surface area contributed by atoms with Gasteiger partial charge in [0.2, 0.25) is 0 Å². The van der Waals surface area contributed by atoms with Crippen LogP contribution in [-0.2, 0) is 21.6 Å². The molecule has 1 aliphatic rings. The molecular weight excluding hydrogens is 334 g/mol. The maximum absolute atomic E-state index is 11.9. The van der Waals surface area contributed by atoms with Gasteiger partial charge < -0.3 is 4.74 Å². The highest BCUT2D eigenvalue weighted by Crippen LogP contribution is 2.19. The fourth-order valence-corrected chi connectivity index (χ4v) is 3.18. The van der Waals surface area contributed by atoms with Gasteiger partial charge >= 0.3 is 16.3 Å². The topological polar surface area (TPSA) is 110 Å². The van der Waals surface area contributed by atoms with Crippen molar-refractivity contribution in [2.75, 3.05) is 13.1 Å². The molecule has 0 aromatic heterocycles. The summed E-state index contributed by atoms with van der Waals surface area (Å²) in [5, 5.41) is 10.5. The van der Waals surface area contributed by atoms with Crippen molar-refractivity contribution >= 4 is 34.8 Å². The van der Waals surface area contributed by atoms with Gasteiger partial charge in [-0.05, 0) is 36.9 Å². The van der Waals surface area contributed by atoms with Crippen LogP contribution in [0.5, 0.6) is 0 Å². The minimum absolute atomic E-state index is 0.0914. The van der Waals surface area contributed by atoms with Crippen molar-refractivity contribution in [1.82, 2.24) is 8.02 Å². The molecule has 0 saturated carbocycles. The van der Waals surface area contributed by atoms with Crippen molar-refractivity contribution in [1.29, 1.82) is 0 Å². The van der Waals surface area contributed by atoms with E-state index in [9.17, 15) is 23.3 Å². The molecule has 1 heterocycles. The standard InChI is InChI=1S/C11H13N3O6S2/c15-11(14(21)22(18,19)12-6-1-7-12)20-8-9-2-4-10(5-3-9)13(16)17/h2-5,21H,1,6-8H2. The number of rotatable bonds is 5. The van der Waals surface area contributed by atoms with Crippen LogP contribution in [0.4, 0.5) is 10.5 Å². The number of carbonyl (C=O) groups is 1. The molecule has 1 aromatic carbocycles. The largest absolute Gasteiger partial charge is 0.443 e. The minimum atomic E-state index is -3.96. The molecule has 1 amide bonds. The van der Waals surface area contributed by atoms with Crippen LogP contribution < -0.4 is 0 Å². The molecule has 1 aromatic rings. The smallest absolute Gasteiger partial charge is 0.435 e. The molecule has 0 radical (unpaired) electrons. The molecule has 0 spiro atoms. The van der Waals surface area contributed by atoms with Gasteiger partial charge in [-0.1, -0.05) is 0 Å². The minimum Gasteiger partial charge on any atom is -0.443 e. The predicted molar refractivity (Wildman–Crippen MR) is 79.2 cm³/mol. The highest BCUT2D eigenvalue weighted by Gasteiger charge is 2.35. The maximum atomic E-state index is 11.9. The van der Waals surface area contributed by atoms with E-state index >= 15 is 0 Å². The number of thiol groups is 1. The summed E-state index contributed by atoms with van der Waals surface area (Å²) >= 11 is 3.66. The van der Waals surface area contributed by atoms with Gasteiger partial charge in [-0.2, -0.15) is 12.7 Å². The first-order valence-electron chi connectivity index (χ1n) is 6.22. The molecule has 1 saturated heterocycles. The lowest BCUT2D eigenvalue weighted by Crippen LogP contribution is -2.48. The van der Waals surface area contributed by atoms with Crippen LogP contribution >= 0.6 is 12.8 Å². The van der Waals surface area contributed by atoms with Crippen molar-refractivity contribution in [3.8, 4) is 0 Å². The summed E-state index contributed by atoms with van der Waals surface area (Å²) in [6, 6.07) is 5.35. The lowest BCUT2D eigenvalue weighted by molar-refractivity contribution is -0.384. The van der Waals surface area contributed by atoms with E-state index in [0.29, 0.717) is 18.7 Å². The third kappa shape index (κ3) is 3.48. The first-order chi connectivity index (χ1) is 10.3. The van der Waals surface area contributed by atoms with Crippen molar-refractivity contribution in [2.24, 2.45) is 0 Å². The number of ether oxygens (including phenoxy) is 1. The molecular formula is C11H13N3O6S2. The van der Waals surface area contributed by atoms with Gasteiger partial charge in [0.05, 0.1) is 4.92 Å². The summed E-state index contributed by atoms with van der Waals surface area (Å²) in [7, 11) is -3.96. The van der Waals surface area contributed by atoms with Crippen LogP contribution in [-0.4, -0.2) is 40.5 Å². The second kappa shape index (κ2) is 6.50. The summed E-state index contributed by atoms with van der Waals surface area (Å²) in [6.07, 6.45) is -0.396. The van der Waals surface area contributed by atoms with Crippen molar-refractivity contribution in [2.45, 2.75) is 13.0 Å². The van der Waals surface area contributed by atoms with Gasteiger partial charge in [-0.3, -0.25) is 10.1 Å². The Hall–Kier alpha value is -1.85. The van der Waals surface area contributed by atoms with Crippen molar-refractivity contribution in [3.63, 3.8) is 0 Å². The number of carbonyl (C=O) groups excluding carboxylic acids is 1. The van der Waals surface area contributed by atoms with Crippen molar-refractivity contribution < 1.29 is 22.9 Å². The van der Waals surface area contributed by atoms with Crippen LogP contribution in [0, 0.1) is 10.1 Å². The Morgan fingerprint density at radius 3 is 2.41 bits per heavy atom. The van der Waals surface area contributed by atoms with Gasteiger partial charge in [0.25, 0.3) is 5.69 Å². The Bertz CT molecular complexity index is 672. The molecule has 22 heavy (non-hydrogen) atoms. The number of nitro groups is 1. The average Bonchev–Trinajstić information content (AvgIpc) is 2.41. The molecule has 11 heteroatoms. The second-order valence-electron chi connectivity index (χ2n) is 4.48. The number of nitro benzene ring substituents is 1. The number of hydrogen-bond donors (Lipinski definition) is 1. The first-order valence-corrected chi connectivity index (χ1v) is 8.01. The normalized spacial score (nSPS) is 15.0. The maximum Gasteiger partial charge on any atom is 0.435 e. The van der Waals surface area contributed by atoms with Gasteiger partial charge in [0.1, 0.15) is 6.61 Å². The summed E-state index contributed by atoms with van der Waals surface area (Å²) < 4.78 is 30.0. The summed E-state index contributed by atoms with van der Waals surface area (Å²) in [5.74, 6) is 0. The van der Waals surface area contributed by atoms with Crippen molar-refractivity contribution in [3.05, 3.63) is 39.9 Å². The highest BCUT2D eigenvalue weighted by atomic mass is 32.3. The monoisotopic (exact) mass is 347 g/mol. The average molecular weight is 347 g/mol. The SMILES string of the molecule is O=C(OCc1ccc([N+](=O)[O-])cc1)N(S)S(=O)(=O)N1CCC1. The molecule has 2 rings (SSSR count). The molecule has 9 nitrogen and oxygen atoms in total. The molecule has 0 aliphatic carbocycles. The van der Waals surface area contributed by atoms with E-state index in [1.807, 2.05) is 0 Å². The molecule has 1 fully saturated rings. The van der Waals surface area contributed by atoms with E-state index in [1.54, 1.807) is 0 Å². The molecule has 0 N–H and O–H groups in total. The van der Waals surface area contributed by atoms with Gasteiger partial charge in [0, 0.05) is 25.2 Å². The Labute approximate surface area is 132 Å². The lowest BCUT2D eigenvalue weighted by Gasteiger charge is -2.31. The molecule has 0 unspecified atom stereocenters. The second-order valence-corrected chi connectivity index (χ2v) is 6.93. The highest BCUT2D eigenvalue weighted by molar-refractivity contribution is 7.99. The van der Waals surface area contributed by atoms with Crippen LogP contribution in [0.3, 0.4) is 0 Å². The zero-order valence-corrected chi connectivity index (χ0v) is 13.0. The summed E-state index contributed by atoms with van der Waals surface area (Å²) in [4.78, 5) is 21.7. The third-order valence-corrected chi connectivity index (χ3v) is 5.41. The van der Waals surface area contributed by atoms with E-state index < -0.39 is 21.2 Å². The fourth-order valence-electron chi connectivity index (χ4n) is 1.64. The number of amides is 1. The number of non-ortho nitro benzene ring substituents is 1. The molecule has 120 valence electrons. The van der Waals surface area contributed by atoms with Gasteiger partial charge in [0.15, 0.2) is 0 Å². The van der Waals surface area contributed by atoms with Crippen LogP contribution in [0.1, 0.15) is 12.0 Å². The van der Waals surface area contributed by atoms with E-state index in [1.165, 1.54) is 24.3 Å². The number of nitrogens with zero attached hydrogens (tertiary/aromatic N) is 3. The first kappa shape index (κ1) is 16.5. The lowest BCUT2D eigenvalue weighted by atomic mass is 10.2. The van der Waals surface area contributed by atoms with E-state index in [4.69, 9.17) is 4.74 Å². The third-order valence-electron chi connectivity index (χ3n) is 3.03. The molecule has 1 aliphatic heterocycles. The summed E-state index contributed by atoms with van der Waals surface area (Å²) in [5.41, 5.74) is 0.397. The molecule has 0 atom stereocenters. The van der Waals surface area contributed by atoms with Crippen LogP contribution in [0.2, 0.25) is 0 Å². The quantitative estimate of drug-likeness (QED) is 0.489.